The van der Waals surface area contributed by atoms with Gasteiger partial charge in [-0.05, 0) is 44.0 Å². The summed E-state index contributed by atoms with van der Waals surface area (Å²) < 4.78 is 58.9. The van der Waals surface area contributed by atoms with Gasteiger partial charge in [0.25, 0.3) is 10.0 Å². The van der Waals surface area contributed by atoms with E-state index in [-0.39, 0.29) is 27.4 Å². The Labute approximate surface area is 200 Å². The highest BCUT2D eigenvalue weighted by Crippen LogP contribution is 2.34. The number of aryl methyl sites for hydroxylation is 2. The van der Waals surface area contributed by atoms with Crippen LogP contribution in [-0.2, 0) is 10.0 Å². The number of furan rings is 1. The van der Waals surface area contributed by atoms with Crippen molar-refractivity contribution in [2.45, 2.75) is 25.2 Å². The number of carbonyl (C=O) groups is 1. The van der Waals surface area contributed by atoms with Gasteiger partial charge >= 0.3 is 5.91 Å². The Hall–Kier alpha value is -3.86. The topological polar surface area (TPSA) is 115 Å². The van der Waals surface area contributed by atoms with Crippen molar-refractivity contribution < 1.29 is 31.3 Å². The van der Waals surface area contributed by atoms with Gasteiger partial charge < -0.3 is 18.6 Å². The van der Waals surface area contributed by atoms with Gasteiger partial charge in [-0.15, -0.1) is 0 Å². The number of hydrogen-bond donors (Lipinski definition) is 1. The number of halogens is 1. The maximum Gasteiger partial charge on any atom is 0.300 e. The number of hydrogen-bond acceptors (Lipinski definition) is 8. The number of rotatable bonds is 6. The normalized spacial score (nSPS) is 13.7. The first-order valence-corrected chi connectivity index (χ1v) is 12.3. The number of amides is 1. The highest BCUT2D eigenvalue weighted by molar-refractivity contribution is 7.90. The number of carbonyl (C=O) groups excluding carboxylic acids is 1. The second-order valence-corrected chi connectivity index (χ2v) is 9.94. The van der Waals surface area contributed by atoms with E-state index in [1.165, 1.54) is 31.4 Å². The summed E-state index contributed by atoms with van der Waals surface area (Å²) in [6.45, 7) is 5.07. The average molecular weight is 500 g/mol. The summed E-state index contributed by atoms with van der Waals surface area (Å²) in [6.07, 6.45) is 1.02. The summed E-state index contributed by atoms with van der Waals surface area (Å²) >= 11 is 0. The van der Waals surface area contributed by atoms with E-state index in [9.17, 15) is 17.6 Å². The fraction of sp³-hybridized carbons (Fsp3) is 0.250. The Morgan fingerprint density at radius 1 is 1.17 bits per heavy atom. The predicted molar refractivity (Wildman–Crippen MR) is 126 cm³/mol. The lowest BCUT2D eigenvalue weighted by Gasteiger charge is -2.33. The summed E-state index contributed by atoms with van der Waals surface area (Å²) in [7, 11) is -3.07. The minimum absolute atomic E-state index is 0.0376. The number of fused-ring (bicyclic) bond motifs is 1. The number of benzene rings is 2. The van der Waals surface area contributed by atoms with Crippen molar-refractivity contribution >= 4 is 32.6 Å². The van der Waals surface area contributed by atoms with Crippen LogP contribution in [-0.4, -0.2) is 39.7 Å². The molecule has 0 bridgehead atoms. The number of nitrogens with one attached hydrogen (secondary N) is 1. The molecule has 0 saturated carbocycles. The Kier molecular flexibility index (Phi) is 5.51. The van der Waals surface area contributed by atoms with Crippen LogP contribution in [0.5, 0.6) is 5.75 Å². The van der Waals surface area contributed by atoms with Crippen LogP contribution in [0.3, 0.4) is 0 Å². The van der Waals surface area contributed by atoms with Crippen molar-refractivity contribution in [1.29, 1.82) is 0 Å². The zero-order chi connectivity index (χ0) is 24.9. The van der Waals surface area contributed by atoms with E-state index in [1.54, 1.807) is 26.0 Å². The highest BCUT2D eigenvalue weighted by atomic mass is 32.2. The molecule has 4 aromatic rings. The molecule has 0 unspecified atom stereocenters. The minimum atomic E-state index is -4.39. The lowest BCUT2D eigenvalue weighted by molar-refractivity contribution is 0.0956. The highest BCUT2D eigenvalue weighted by Gasteiger charge is 2.27. The van der Waals surface area contributed by atoms with E-state index < -0.39 is 21.7 Å². The van der Waals surface area contributed by atoms with Gasteiger partial charge in [-0.25, -0.2) is 17.5 Å². The molecule has 0 atom stereocenters. The zero-order valence-corrected chi connectivity index (χ0v) is 20.0. The molecule has 2 aromatic heterocycles. The van der Waals surface area contributed by atoms with Crippen molar-refractivity contribution in [2.75, 3.05) is 25.1 Å². The average Bonchev–Trinajstić information content (AvgIpc) is 3.35. The molecular formula is C24H22FN3O6S. The molecule has 3 heterocycles. The molecule has 1 amide bonds. The van der Waals surface area contributed by atoms with E-state index in [0.29, 0.717) is 28.3 Å². The maximum absolute atomic E-state index is 14.6. The Morgan fingerprint density at radius 2 is 1.94 bits per heavy atom. The van der Waals surface area contributed by atoms with Gasteiger partial charge in [-0.2, -0.15) is 0 Å². The van der Waals surface area contributed by atoms with Crippen molar-refractivity contribution in [2.24, 2.45) is 0 Å². The second-order valence-electron chi connectivity index (χ2n) is 8.29. The molecule has 1 fully saturated rings. The van der Waals surface area contributed by atoms with E-state index in [4.69, 9.17) is 13.7 Å². The summed E-state index contributed by atoms with van der Waals surface area (Å²) in [5.41, 5.74) is 2.56. The first-order valence-electron chi connectivity index (χ1n) is 10.8. The third kappa shape index (κ3) is 4.01. The van der Waals surface area contributed by atoms with Gasteiger partial charge in [0, 0.05) is 36.5 Å². The quantitative estimate of drug-likeness (QED) is 0.420. The summed E-state index contributed by atoms with van der Waals surface area (Å²) in [5, 5.41) is 3.99. The number of methoxy groups -OCH3 is 1. The van der Waals surface area contributed by atoms with E-state index in [0.717, 1.165) is 19.5 Å². The number of sulfonamides is 1. The second kappa shape index (κ2) is 8.42. The molecule has 9 nitrogen and oxygen atoms in total. The smallest absolute Gasteiger partial charge is 0.300 e. The SMILES string of the molecule is COc1ccc(-c2c(C)noc2C)cc1S(=O)(=O)NC(=O)c1cc2c(F)cc(N3CCC3)cc2o1. The number of nitrogens with zero attached hydrogens (tertiary/aromatic N) is 2. The monoisotopic (exact) mass is 499 g/mol. The van der Waals surface area contributed by atoms with Crippen LogP contribution in [0.15, 0.2) is 50.2 Å². The minimum Gasteiger partial charge on any atom is -0.495 e. The fourth-order valence-electron chi connectivity index (χ4n) is 4.12. The standard InChI is InChI=1S/C24H22FN3O6S/c1-13-23(14(2)34-26-13)15-5-6-19(32-3)22(9-15)35(30,31)27-24(29)21-12-17-18(25)10-16(11-20(17)33-21)28-7-4-8-28/h5-6,9-12H,4,7-8H2,1-3H3,(H,27,29). The molecule has 1 N–H and O–H groups in total. The Balaban J connectivity index is 1.48. The van der Waals surface area contributed by atoms with Crippen LogP contribution in [0.2, 0.25) is 0 Å². The molecule has 35 heavy (non-hydrogen) atoms. The molecule has 1 aliphatic rings. The van der Waals surface area contributed by atoms with Gasteiger partial charge in [0.1, 0.15) is 27.8 Å². The fourth-order valence-corrected chi connectivity index (χ4v) is 5.27. The zero-order valence-electron chi connectivity index (χ0n) is 19.2. The van der Waals surface area contributed by atoms with Crippen molar-refractivity contribution in [3.8, 4) is 16.9 Å². The van der Waals surface area contributed by atoms with Crippen LogP contribution in [0.1, 0.15) is 28.4 Å². The van der Waals surface area contributed by atoms with Crippen LogP contribution in [0.25, 0.3) is 22.1 Å². The first-order chi connectivity index (χ1) is 16.7. The molecule has 0 aliphatic carbocycles. The van der Waals surface area contributed by atoms with E-state index in [1.807, 2.05) is 9.62 Å². The van der Waals surface area contributed by atoms with Gasteiger partial charge in [0.15, 0.2) is 5.76 Å². The molecule has 0 spiro atoms. The van der Waals surface area contributed by atoms with Gasteiger partial charge in [-0.3, -0.25) is 4.79 Å². The van der Waals surface area contributed by atoms with E-state index in [2.05, 4.69) is 5.16 Å². The Bertz CT molecular complexity index is 1550. The molecule has 11 heteroatoms. The molecule has 182 valence electrons. The Morgan fingerprint density at radius 3 is 2.57 bits per heavy atom. The largest absolute Gasteiger partial charge is 0.495 e. The summed E-state index contributed by atoms with van der Waals surface area (Å²) in [6, 6.07) is 8.73. The van der Waals surface area contributed by atoms with Gasteiger partial charge in [0.2, 0.25) is 0 Å². The first kappa shape index (κ1) is 22.9. The predicted octanol–water partition coefficient (Wildman–Crippen LogP) is 4.18. The van der Waals surface area contributed by atoms with Gasteiger partial charge in [0.05, 0.1) is 18.2 Å². The number of anilines is 1. The molecule has 1 saturated heterocycles. The lowest BCUT2D eigenvalue weighted by atomic mass is 10.0. The molecule has 5 rings (SSSR count). The maximum atomic E-state index is 14.6. The van der Waals surface area contributed by atoms with Crippen molar-refractivity contribution in [1.82, 2.24) is 9.88 Å². The lowest BCUT2D eigenvalue weighted by Crippen LogP contribution is -2.36. The third-order valence-electron chi connectivity index (χ3n) is 6.02. The summed E-state index contributed by atoms with van der Waals surface area (Å²) in [4.78, 5) is 14.6. The molecule has 0 radical (unpaired) electrons. The summed E-state index contributed by atoms with van der Waals surface area (Å²) in [5.74, 6) is -1.36. The molecule has 1 aliphatic heterocycles. The molecule has 2 aromatic carbocycles. The third-order valence-corrected chi connectivity index (χ3v) is 7.37. The molecular weight excluding hydrogens is 477 g/mol. The van der Waals surface area contributed by atoms with Crippen LogP contribution >= 0.6 is 0 Å². The number of ether oxygens (including phenoxy) is 1. The van der Waals surface area contributed by atoms with Crippen molar-refractivity contribution in [3.05, 3.63) is 59.4 Å². The van der Waals surface area contributed by atoms with E-state index >= 15 is 0 Å². The number of aromatic nitrogens is 1. The van der Waals surface area contributed by atoms with Crippen LogP contribution < -0.4 is 14.4 Å². The van der Waals surface area contributed by atoms with Gasteiger partial charge in [-0.1, -0.05) is 11.2 Å². The van der Waals surface area contributed by atoms with Crippen molar-refractivity contribution in [3.63, 3.8) is 0 Å². The van der Waals surface area contributed by atoms with Crippen LogP contribution in [0.4, 0.5) is 10.1 Å². The van der Waals surface area contributed by atoms with Crippen LogP contribution in [0, 0.1) is 19.7 Å².